The molecule has 1 heterocycles. The topological polar surface area (TPSA) is 65.5 Å². The highest BCUT2D eigenvalue weighted by Crippen LogP contribution is 1.79. The number of nitrogens with two attached hydrogens (primary N) is 1. The number of methoxy groups -OCH3 is 1. The van der Waals surface area contributed by atoms with Gasteiger partial charge in [-0.2, -0.15) is 0 Å². The number of hydrogen-bond acceptors (Lipinski definition) is 4. The van der Waals surface area contributed by atoms with Gasteiger partial charge in [0, 0.05) is 0 Å². The highest BCUT2D eigenvalue weighted by molar-refractivity contribution is 5.74. The van der Waals surface area contributed by atoms with Crippen LogP contribution in [0.1, 0.15) is 6.92 Å². The van der Waals surface area contributed by atoms with Crippen molar-refractivity contribution < 1.29 is 13.9 Å². The SMILES string of the molecule is COC(=O)C(C)N.c1ccoc1. The summed E-state index contributed by atoms with van der Waals surface area (Å²) in [6, 6.07) is 3.17. The fourth-order valence-corrected chi connectivity index (χ4v) is 0.413. The molecule has 0 bridgehead atoms. The highest BCUT2D eigenvalue weighted by atomic mass is 16.5. The standard InChI is InChI=1S/C4H9NO2.C4H4O/c1-3(5)4(6)7-2;1-2-4-5-3-1/h3H,5H2,1-2H3;1-4H. The van der Waals surface area contributed by atoms with Crippen molar-refractivity contribution in [2.75, 3.05) is 7.11 Å². The molecule has 0 aliphatic carbocycles. The van der Waals surface area contributed by atoms with Gasteiger partial charge in [-0.25, -0.2) is 0 Å². The second-order valence-electron chi connectivity index (χ2n) is 2.10. The molecule has 4 nitrogen and oxygen atoms in total. The zero-order valence-corrected chi connectivity index (χ0v) is 7.19. The lowest BCUT2D eigenvalue weighted by Crippen LogP contribution is -2.27. The molecule has 68 valence electrons. The Kier molecular flexibility index (Phi) is 5.73. The summed E-state index contributed by atoms with van der Waals surface area (Å²) in [5, 5.41) is 0. The first kappa shape index (κ1) is 10.7. The number of carbonyl (C=O) groups excluding carboxylic acids is 1. The molecular weight excluding hydrogens is 158 g/mol. The molecule has 0 radical (unpaired) electrons. The average molecular weight is 171 g/mol. The number of carbonyl (C=O) groups is 1. The van der Waals surface area contributed by atoms with Gasteiger partial charge in [0.25, 0.3) is 0 Å². The summed E-state index contributed by atoms with van der Waals surface area (Å²) in [5.74, 6) is -0.375. The minimum absolute atomic E-state index is 0.375. The van der Waals surface area contributed by atoms with Crippen molar-refractivity contribution in [3.05, 3.63) is 24.7 Å². The van der Waals surface area contributed by atoms with Gasteiger partial charge in [-0.05, 0) is 19.1 Å². The van der Waals surface area contributed by atoms with Crippen LogP contribution in [0.3, 0.4) is 0 Å². The van der Waals surface area contributed by atoms with E-state index in [1.807, 2.05) is 12.1 Å². The third-order valence-corrected chi connectivity index (χ3v) is 0.998. The van der Waals surface area contributed by atoms with Crippen molar-refractivity contribution in [1.29, 1.82) is 0 Å². The monoisotopic (exact) mass is 171 g/mol. The Hall–Kier alpha value is -1.29. The van der Waals surface area contributed by atoms with Gasteiger partial charge in [-0.15, -0.1) is 0 Å². The first-order chi connectivity index (χ1) is 5.68. The Balaban J connectivity index is 0.000000211. The van der Waals surface area contributed by atoms with E-state index in [9.17, 15) is 4.79 Å². The van der Waals surface area contributed by atoms with Gasteiger partial charge in [0.1, 0.15) is 6.04 Å². The molecule has 2 N–H and O–H groups in total. The van der Waals surface area contributed by atoms with Gasteiger partial charge < -0.3 is 14.9 Å². The number of ether oxygens (including phenoxy) is 1. The van der Waals surface area contributed by atoms with E-state index in [1.165, 1.54) is 7.11 Å². The molecule has 0 spiro atoms. The average Bonchev–Trinajstić information content (AvgIpc) is 2.59. The quantitative estimate of drug-likeness (QED) is 0.634. The number of furan rings is 1. The lowest BCUT2D eigenvalue weighted by Gasteiger charge is -1.98. The molecule has 0 aliphatic rings. The maximum absolute atomic E-state index is 10.2. The lowest BCUT2D eigenvalue weighted by molar-refractivity contribution is -0.141. The molecule has 0 saturated heterocycles. The van der Waals surface area contributed by atoms with Gasteiger partial charge in [0.05, 0.1) is 19.6 Å². The largest absolute Gasteiger partial charge is 0.473 e. The van der Waals surface area contributed by atoms with Crippen LogP contribution in [-0.2, 0) is 9.53 Å². The first-order valence-electron chi connectivity index (χ1n) is 3.49. The normalized spacial score (nSPS) is 10.9. The van der Waals surface area contributed by atoms with E-state index in [0.29, 0.717) is 0 Å². The van der Waals surface area contributed by atoms with Gasteiger partial charge in [-0.3, -0.25) is 4.79 Å². The first-order valence-corrected chi connectivity index (χ1v) is 3.49. The van der Waals surface area contributed by atoms with E-state index < -0.39 is 6.04 Å². The molecule has 0 saturated carbocycles. The van der Waals surface area contributed by atoms with Crippen molar-refractivity contribution >= 4 is 5.97 Å². The van der Waals surface area contributed by atoms with Gasteiger partial charge in [0.2, 0.25) is 0 Å². The summed E-state index contributed by atoms with van der Waals surface area (Å²) < 4.78 is 8.83. The van der Waals surface area contributed by atoms with Gasteiger partial charge in [0.15, 0.2) is 0 Å². The summed E-state index contributed by atoms with van der Waals surface area (Å²) in [7, 11) is 1.31. The van der Waals surface area contributed by atoms with Crippen LogP contribution >= 0.6 is 0 Å². The van der Waals surface area contributed by atoms with Crippen LogP contribution < -0.4 is 5.73 Å². The second kappa shape index (κ2) is 6.42. The summed E-state index contributed by atoms with van der Waals surface area (Å²) in [5.41, 5.74) is 5.07. The molecule has 1 aromatic rings. The molecule has 1 aromatic heterocycles. The minimum Gasteiger partial charge on any atom is -0.473 e. The molecule has 0 aromatic carbocycles. The summed E-state index contributed by atoms with van der Waals surface area (Å²) >= 11 is 0. The summed E-state index contributed by atoms with van der Waals surface area (Å²) in [6.45, 7) is 1.58. The van der Waals surface area contributed by atoms with Crippen molar-refractivity contribution in [1.82, 2.24) is 0 Å². The van der Waals surface area contributed by atoms with Crippen LogP contribution in [0.25, 0.3) is 0 Å². The van der Waals surface area contributed by atoms with E-state index >= 15 is 0 Å². The molecule has 0 amide bonds. The predicted octanol–water partition coefficient (Wildman–Crippen LogP) is 0.786. The predicted molar refractivity (Wildman–Crippen MR) is 44.4 cm³/mol. The van der Waals surface area contributed by atoms with Crippen molar-refractivity contribution in [2.24, 2.45) is 5.73 Å². The molecule has 12 heavy (non-hydrogen) atoms. The molecule has 0 fully saturated rings. The van der Waals surface area contributed by atoms with E-state index in [2.05, 4.69) is 9.15 Å². The Morgan fingerprint density at radius 1 is 1.50 bits per heavy atom. The Morgan fingerprint density at radius 3 is 2.08 bits per heavy atom. The third-order valence-electron chi connectivity index (χ3n) is 0.998. The molecule has 4 heteroatoms. The minimum atomic E-state index is -0.495. The van der Waals surface area contributed by atoms with E-state index in [1.54, 1.807) is 19.5 Å². The fourth-order valence-electron chi connectivity index (χ4n) is 0.413. The number of esters is 1. The fraction of sp³-hybridized carbons (Fsp3) is 0.375. The number of hydrogen-bond donors (Lipinski definition) is 1. The Labute approximate surface area is 71.3 Å². The van der Waals surface area contributed by atoms with Crippen LogP contribution in [0.4, 0.5) is 0 Å². The lowest BCUT2D eigenvalue weighted by atomic mass is 10.4. The second-order valence-corrected chi connectivity index (χ2v) is 2.10. The zero-order valence-electron chi connectivity index (χ0n) is 7.19. The zero-order chi connectivity index (χ0) is 9.40. The third kappa shape index (κ3) is 5.49. The van der Waals surface area contributed by atoms with Crippen LogP contribution in [0.2, 0.25) is 0 Å². The van der Waals surface area contributed by atoms with Crippen molar-refractivity contribution in [3.8, 4) is 0 Å². The van der Waals surface area contributed by atoms with Crippen LogP contribution in [0.15, 0.2) is 29.1 Å². The summed E-state index contributed by atoms with van der Waals surface area (Å²) in [4.78, 5) is 10.2. The summed E-state index contributed by atoms with van der Waals surface area (Å²) in [6.07, 6.45) is 3.25. The molecule has 1 rings (SSSR count). The van der Waals surface area contributed by atoms with E-state index in [0.717, 1.165) is 0 Å². The smallest absolute Gasteiger partial charge is 0.322 e. The molecule has 0 aliphatic heterocycles. The van der Waals surface area contributed by atoms with Crippen molar-refractivity contribution in [2.45, 2.75) is 13.0 Å². The molecule has 1 atom stereocenters. The Bertz CT molecular complexity index is 177. The highest BCUT2D eigenvalue weighted by Gasteiger charge is 2.03. The van der Waals surface area contributed by atoms with Crippen LogP contribution in [0, 0.1) is 0 Å². The Morgan fingerprint density at radius 2 is 2.00 bits per heavy atom. The maximum Gasteiger partial charge on any atom is 0.322 e. The molecule has 1 unspecified atom stereocenters. The van der Waals surface area contributed by atoms with Crippen LogP contribution in [0.5, 0.6) is 0 Å². The molecular formula is C8H13NO3. The number of rotatable bonds is 1. The van der Waals surface area contributed by atoms with Gasteiger partial charge in [-0.1, -0.05) is 0 Å². The van der Waals surface area contributed by atoms with E-state index in [4.69, 9.17) is 5.73 Å². The van der Waals surface area contributed by atoms with Gasteiger partial charge >= 0.3 is 5.97 Å². The maximum atomic E-state index is 10.2. The van der Waals surface area contributed by atoms with Crippen LogP contribution in [-0.4, -0.2) is 19.1 Å². The van der Waals surface area contributed by atoms with E-state index in [-0.39, 0.29) is 5.97 Å². The van der Waals surface area contributed by atoms with Crippen molar-refractivity contribution in [3.63, 3.8) is 0 Å².